The molecule has 0 unspecified atom stereocenters. The molecule has 2 N–H and O–H groups in total. The quantitative estimate of drug-likeness (QED) is 0.856. The fourth-order valence-electron chi connectivity index (χ4n) is 1.99. The van der Waals surface area contributed by atoms with Gasteiger partial charge in [0.15, 0.2) is 23.0 Å². The number of nitrogens with one attached hydrogen (secondary N) is 1. The fraction of sp³-hybridized carbons (Fsp3) is 0.250. The lowest BCUT2D eigenvalue weighted by molar-refractivity contribution is 0.354. The average Bonchev–Trinajstić information content (AvgIpc) is 2.52. The number of benzene rings is 2. The second kappa shape index (κ2) is 6.74. The van der Waals surface area contributed by atoms with Crippen LogP contribution in [0.3, 0.4) is 0 Å². The maximum absolute atomic E-state index is 9.74. The standard InChI is InChI=1S/C16H19NO4/c1-19-14-7-5-12(9-13(14)18)17-10-11-4-6-15(20-2)16(8-11)21-3/h4-9,17-18H,10H2,1-3H3. The van der Waals surface area contributed by atoms with Crippen LogP contribution in [-0.4, -0.2) is 26.4 Å². The normalized spacial score (nSPS) is 10.0. The molecule has 5 nitrogen and oxygen atoms in total. The number of hydrogen-bond acceptors (Lipinski definition) is 5. The van der Waals surface area contributed by atoms with Gasteiger partial charge in [-0.3, -0.25) is 0 Å². The molecule has 0 heterocycles. The minimum absolute atomic E-state index is 0.106. The Bertz CT molecular complexity index is 613. The monoisotopic (exact) mass is 289 g/mol. The molecule has 2 rings (SSSR count). The van der Waals surface area contributed by atoms with Gasteiger partial charge in [-0.2, -0.15) is 0 Å². The number of ether oxygens (including phenoxy) is 3. The first kappa shape index (κ1) is 14.8. The minimum Gasteiger partial charge on any atom is -0.504 e. The molecule has 2 aromatic rings. The van der Waals surface area contributed by atoms with Crippen LogP contribution in [0, 0.1) is 0 Å². The molecule has 0 aliphatic carbocycles. The van der Waals surface area contributed by atoms with E-state index in [1.54, 1.807) is 26.4 Å². The molecule has 112 valence electrons. The van der Waals surface area contributed by atoms with E-state index in [0.717, 1.165) is 11.3 Å². The summed E-state index contributed by atoms with van der Waals surface area (Å²) in [6.45, 7) is 0.603. The Balaban J connectivity index is 2.07. The Hall–Kier alpha value is -2.56. The van der Waals surface area contributed by atoms with Crippen molar-refractivity contribution in [1.82, 2.24) is 0 Å². The number of aromatic hydroxyl groups is 1. The summed E-state index contributed by atoms with van der Waals surface area (Å²) in [6, 6.07) is 10.9. The Morgan fingerprint density at radius 1 is 0.857 bits per heavy atom. The number of hydrogen-bond donors (Lipinski definition) is 2. The van der Waals surface area contributed by atoms with Gasteiger partial charge in [-0.15, -0.1) is 0 Å². The van der Waals surface area contributed by atoms with Gasteiger partial charge in [-0.05, 0) is 29.8 Å². The van der Waals surface area contributed by atoms with Gasteiger partial charge in [0.25, 0.3) is 0 Å². The molecule has 0 atom stereocenters. The number of rotatable bonds is 6. The van der Waals surface area contributed by atoms with Crippen LogP contribution >= 0.6 is 0 Å². The first-order valence-corrected chi connectivity index (χ1v) is 6.49. The molecule has 5 heteroatoms. The lowest BCUT2D eigenvalue weighted by Crippen LogP contribution is -2.00. The third kappa shape index (κ3) is 3.51. The summed E-state index contributed by atoms with van der Waals surface area (Å²) in [4.78, 5) is 0. The highest BCUT2D eigenvalue weighted by Crippen LogP contribution is 2.30. The molecule has 0 amide bonds. The van der Waals surface area contributed by atoms with Gasteiger partial charge < -0.3 is 24.6 Å². The Morgan fingerprint density at radius 2 is 1.52 bits per heavy atom. The van der Waals surface area contributed by atoms with Crippen LogP contribution in [0.2, 0.25) is 0 Å². The minimum atomic E-state index is 0.106. The summed E-state index contributed by atoms with van der Waals surface area (Å²) in [5.41, 5.74) is 1.85. The second-order valence-corrected chi connectivity index (χ2v) is 4.43. The molecule has 0 saturated heterocycles. The summed E-state index contributed by atoms with van der Waals surface area (Å²) in [5, 5.41) is 13.0. The Kier molecular flexibility index (Phi) is 4.77. The molecule has 0 saturated carbocycles. The van der Waals surface area contributed by atoms with Gasteiger partial charge in [0.1, 0.15) is 0 Å². The lowest BCUT2D eigenvalue weighted by Gasteiger charge is -2.12. The van der Waals surface area contributed by atoms with Crippen LogP contribution in [0.25, 0.3) is 0 Å². The number of phenols is 1. The number of phenolic OH excluding ortho intramolecular Hbond substituents is 1. The molecule has 0 aromatic heterocycles. The van der Waals surface area contributed by atoms with Crippen LogP contribution in [0.1, 0.15) is 5.56 Å². The highest BCUT2D eigenvalue weighted by atomic mass is 16.5. The van der Waals surface area contributed by atoms with Crippen molar-refractivity contribution >= 4 is 5.69 Å². The molecule has 0 bridgehead atoms. The third-order valence-corrected chi connectivity index (χ3v) is 3.12. The van der Waals surface area contributed by atoms with E-state index in [2.05, 4.69) is 5.32 Å². The van der Waals surface area contributed by atoms with Crippen LogP contribution < -0.4 is 19.5 Å². The van der Waals surface area contributed by atoms with Crippen LogP contribution in [-0.2, 0) is 6.54 Å². The van der Waals surface area contributed by atoms with Gasteiger partial charge in [0.05, 0.1) is 21.3 Å². The lowest BCUT2D eigenvalue weighted by atomic mass is 10.2. The maximum Gasteiger partial charge on any atom is 0.161 e. The SMILES string of the molecule is COc1ccc(NCc2ccc(OC)c(OC)c2)cc1O. The smallest absolute Gasteiger partial charge is 0.161 e. The first-order valence-electron chi connectivity index (χ1n) is 6.49. The van der Waals surface area contributed by atoms with E-state index in [9.17, 15) is 5.11 Å². The van der Waals surface area contributed by atoms with Crippen molar-refractivity contribution in [2.75, 3.05) is 26.6 Å². The van der Waals surface area contributed by atoms with Crippen molar-refractivity contribution in [3.63, 3.8) is 0 Å². The van der Waals surface area contributed by atoms with Crippen molar-refractivity contribution in [1.29, 1.82) is 0 Å². The van der Waals surface area contributed by atoms with Crippen LogP contribution in [0.5, 0.6) is 23.0 Å². The summed E-state index contributed by atoms with van der Waals surface area (Å²) >= 11 is 0. The molecule has 0 aliphatic heterocycles. The van der Waals surface area contributed by atoms with Crippen LogP contribution in [0.15, 0.2) is 36.4 Å². The van der Waals surface area contributed by atoms with Crippen molar-refractivity contribution in [2.45, 2.75) is 6.54 Å². The molecule has 2 aromatic carbocycles. The number of anilines is 1. The molecule has 0 spiro atoms. The van der Waals surface area contributed by atoms with E-state index in [1.807, 2.05) is 24.3 Å². The van der Waals surface area contributed by atoms with Gasteiger partial charge in [0.2, 0.25) is 0 Å². The van der Waals surface area contributed by atoms with Crippen molar-refractivity contribution in [2.24, 2.45) is 0 Å². The van der Waals surface area contributed by atoms with E-state index in [-0.39, 0.29) is 5.75 Å². The zero-order chi connectivity index (χ0) is 15.2. The maximum atomic E-state index is 9.74. The Morgan fingerprint density at radius 3 is 2.14 bits per heavy atom. The molecule has 0 radical (unpaired) electrons. The molecular formula is C16H19NO4. The Labute approximate surface area is 124 Å². The second-order valence-electron chi connectivity index (χ2n) is 4.43. The van der Waals surface area contributed by atoms with Gasteiger partial charge in [0, 0.05) is 18.3 Å². The van der Waals surface area contributed by atoms with E-state index in [1.165, 1.54) is 7.11 Å². The van der Waals surface area contributed by atoms with Crippen molar-refractivity contribution < 1.29 is 19.3 Å². The largest absolute Gasteiger partial charge is 0.504 e. The molecule has 21 heavy (non-hydrogen) atoms. The molecule has 0 fully saturated rings. The molecule has 0 aliphatic rings. The van der Waals surface area contributed by atoms with Crippen LogP contribution in [0.4, 0.5) is 5.69 Å². The van der Waals surface area contributed by atoms with E-state index in [0.29, 0.717) is 23.8 Å². The van der Waals surface area contributed by atoms with Crippen molar-refractivity contribution in [3.05, 3.63) is 42.0 Å². The topological polar surface area (TPSA) is 60.0 Å². The van der Waals surface area contributed by atoms with Crippen molar-refractivity contribution in [3.8, 4) is 23.0 Å². The predicted octanol–water partition coefficient (Wildman–Crippen LogP) is 3.03. The zero-order valence-electron chi connectivity index (χ0n) is 12.3. The third-order valence-electron chi connectivity index (χ3n) is 3.12. The van der Waals surface area contributed by atoms with Gasteiger partial charge >= 0.3 is 0 Å². The van der Waals surface area contributed by atoms with Gasteiger partial charge in [-0.25, -0.2) is 0 Å². The fourth-order valence-corrected chi connectivity index (χ4v) is 1.99. The van der Waals surface area contributed by atoms with E-state index < -0.39 is 0 Å². The number of methoxy groups -OCH3 is 3. The highest BCUT2D eigenvalue weighted by Gasteiger charge is 2.05. The zero-order valence-corrected chi connectivity index (χ0v) is 12.3. The van der Waals surface area contributed by atoms with Gasteiger partial charge in [-0.1, -0.05) is 6.07 Å². The van der Waals surface area contributed by atoms with E-state index >= 15 is 0 Å². The summed E-state index contributed by atoms with van der Waals surface area (Å²) in [6.07, 6.45) is 0. The molecular weight excluding hydrogens is 270 g/mol. The summed E-state index contributed by atoms with van der Waals surface area (Å²) in [7, 11) is 4.73. The average molecular weight is 289 g/mol. The highest BCUT2D eigenvalue weighted by molar-refractivity contribution is 5.54. The predicted molar refractivity (Wildman–Crippen MR) is 81.5 cm³/mol. The van der Waals surface area contributed by atoms with E-state index in [4.69, 9.17) is 14.2 Å². The summed E-state index contributed by atoms with van der Waals surface area (Å²) in [5.74, 6) is 1.94. The summed E-state index contributed by atoms with van der Waals surface area (Å²) < 4.78 is 15.5. The first-order chi connectivity index (χ1) is 10.2.